The highest BCUT2D eigenvalue weighted by Crippen LogP contribution is 2.33. The van der Waals surface area contributed by atoms with Gasteiger partial charge in [0.2, 0.25) is 0 Å². The van der Waals surface area contributed by atoms with Crippen LogP contribution in [0, 0.1) is 11.3 Å². The lowest BCUT2D eigenvalue weighted by Crippen LogP contribution is -2.36. The number of ether oxygens (including phenoxy) is 1. The summed E-state index contributed by atoms with van der Waals surface area (Å²) in [5.41, 5.74) is 1.19. The van der Waals surface area contributed by atoms with Gasteiger partial charge < -0.3 is 4.74 Å². The Morgan fingerprint density at radius 1 is 1.32 bits per heavy atom. The summed E-state index contributed by atoms with van der Waals surface area (Å²) >= 11 is 0. The molecule has 102 valence electrons. The van der Waals surface area contributed by atoms with Crippen molar-refractivity contribution in [3.05, 3.63) is 29.3 Å². The van der Waals surface area contributed by atoms with E-state index in [4.69, 9.17) is 4.74 Å². The summed E-state index contributed by atoms with van der Waals surface area (Å²) in [6, 6.07) is 5.53. The van der Waals surface area contributed by atoms with Gasteiger partial charge in [-0.25, -0.2) is 0 Å². The van der Waals surface area contributed by atoms with Crippen LogP contribution in [0.4, 0.5) is 0 Å². The van der Waals surface area contributed by atoms with Crippen molar-refractivity contribution in [2.75, 3.05) is 7.11 Å². The van der Waals surface area contributed by atoms with Crippen LogP contribution in [0.1, 0.15) is 43.1 Å². The van der Waals surface area contributed by atoms with Gasteiger partial charge in [-0.1, -0.05) is 26.8 Å². The minimum absolute atomic E-state index is 0.0333. The van der Waals surface area contributed by atoms with Crippen molar-refractivity contribution in [2.45, 2.75) is 33.6 Å². The van der Waals surface area contributed by atoms with Crippen LogP contribution < -0.4 is 4.74 Å². The average molecular weight is 260 g/mol. The van der Waals surface area contributed by atoms with Crippen LogP contribution >= 0.6 is 0 Å². The Morgan fingerprint density at radius 2 is 2.00 bits per heavy atom. The molecule has 1 unspecified atom stereocenters. The zero-order valence-corrected chi connectivity index (χ0v) is 11.9. The maximum Gasteiger partial charge on any atom is 0.173 e. The molecule has 0 fully saturated rings. The van der Waals surface area contributed by atoms with E-state index < -0.39 is 11.3 Å². The Morgan fingerprint density at radius 3 is 2.58 bits per heavy atom. The highest BCUT2D eigenvalue weighted by Gasteiger charge is 2.37. The Balaban J connectivity index is 2.36. The number of benzene rings is 1. The van der Waals surface area contributed by atoms with Crippen molar-refractivity contribution < 1.29 is 14.3 Å². The lowest BCUT2D eigenvalue weighted by atomic mass is 9.73. The number of hydrogen-bond acceptors (Lipinski definition) is 3. The van der Waals surface area contributed by atoms with Gasteiger partial charge in [0, 0.05) is 11.0 Å². The number of carbonyl (C=O) groups is 2. The molecule has 3 nitrogen and oxygen atoms in total. The minimum atomic E-state index is -0.500. The number of ketones is 2. The minimum Gasteiger partial charge on any atom is -0.497 e. The zero-order chi connectivity index (χ0) is 14.2. The molecule has 0 amide bonds. The van der Waals surface area contributed by atoms with Crippen molar-refractivity contribution in [3.8, 4) is 5.75 Å². The van der Waals surface area contributed by atoms with Gasteiger partial charge in [-0.05, 0) is 30.5 Å². The van der Waals surface area contributed by atoms with Crippen molar-refractivity contribution in [1.82, 2.24) is 0 Å². The Labute approximate surface area is 114 Å². The molecule has 2 rings (SSSR count). The average Bonchev–Trinajstić information content (AvgIpc) is 2.37. The monoisotopic (exact) mass is 260 g/mol. The fourth-order valence-electron chi connectivity index (χ4n) is 2.52. The van der Waals surface area contributed by atoms with Gasteiger partial charge in [0.1, 0.15) is 11.5 Å². The number of rotatable bonds is 2. The summed E-state index contributed by atoms with van der Waals surface area (Å²) in [6.07, 6.45) is 1.39. The van der Waals surface area contributed by atoms with Crippen LogP contribution in [-0.4, -0.2) is 18.7 Å². The van der Waals surface area contributed by atoms with E-state index in [1.54, 1.807) is 13.2 Å². The summed E-state index contributed by atoms with van der Waals surface area (Å²) < 4.78 is 5.15. The Kier molecular flexibility index (Phi) is 3.48. The molecular weight excluding hydrogens is 240 g/mol. The lowest BCUT2D eigenvalue weighted by molar-refractivity contribution is -0.129. The van der Waals surface area contributed by atoms with E-state index >= 15 is 0 Å². The first kappa shape index (κ1) is 13.8. The summed E-state index contributed by atoms with van der Waals surface area (Å²) in [7, 11) is 1.58. The predicted octanol–water partition coefficient (Wildman–Crippen LogP) is 3.06. The van der Waals surface area contributed by atoms with Crippen LogP contribution in [-0.2, 0) is 11.2 Å². The normalized spacial score (nSPS) is 18.9. The fraction of sp³-hybridized carbons (Fsp3) is 0.500. The standard InChI is InChI=1S/C16H20O3/c1-16(2,3)15(18)12-8-6-10-5-7-11(19-4)9-13(10)14(12)17/h5,7,9,12H,6,8H2,1-4H3. The lowest BCUT2D eigenvalue weighted by Gasteiger charge is -2.28. The second-order valence-electron chi connectivity index (χ2n) is 6.09. The van der Waals surface area contributed by atoms with Crippen molar-refractivity contribution >= 4 is 11.6 Å². The Bertz CT molecular complexity index is 523. The first-order valence-corrected chi connectivity index (χ1v) is 6.60. The number of fused-ring (bicyclic) bond motifs is 1. The van der Waals surface area contributed by atoms with E-state index in [0.29, 0.717) is 17.7 Å². The molecule has 1 aliphatic carbocycles. The van der Waals surface area contributed by atoms with Crippen LogP contribution in [0.2, 0.25) is 0 Å². The maximum atomic E-state index is 12.5. The SMILES string of the molecule is COc1ccc2c(c1)C(=O)C(C(=O)C(C)(C)C)CC2. The number of methoxy groups -OCH3 is 1. The van der Waals surface area contributed by atoms with E-state index in [0.717, 1.165) is 12.0 Å². The van der Waals surface area contributed by atoms with E-state index in [-0.39, 0.29) is 11.6 Å². The van der Waals surface area contributed by atoms with Crippen LogP contribution in [0.25, 0.3) is 0 Å². The first-order valence-electron chi connectivity index (χ1n) is 6.60. The quantitative estimate of drug-likeness (QED) is 0.768. The molecule has 0 bridgehead atoms. The molecule has 0 N–H and O–H groups in total. The van der Waals surface area contributed by atoms with Crippen LogP contribution in [0.5, 0.6) is 5.75 Å². The van der Waals surface area contributed by atoms with E-state index in [1.807, 2.05) is 32.9 Å². The molecule has 0 spiro atoms. The van der Waals surface area contributed by atoms with Gasteiger partial charge in [0.15, 0.2) is 5.78 Å². The molecule has 1 aromatic carbocycles. The van der Waals surface area contributed by atoms with Crippen molar-refractivity contribution in [2.24, 2.45) is 11.3 Å². The van der Waals surface area contributed by atoms with Gasteiger partial charge in [0.05, 0.1) is 13.0 Å². The van der Waals surface area contributed by atoms with Gasteiger partial charge in [0.25, 0.3) is 0 Å². The summed E-state index contributed by atoms with van der Waals surface area (Å²) in [5, 5.41) is 0. The summed E-state index contributed by atoms with van der Waals surface area (Å²) in [4.78, 5) is 24.8. The molecule has 1 aromatic rings. The smallest absolute Gasteiger partial charge is 0.173 e. The highest BCUT2D eigenvalue weighted by molar-refractivity contribution is 6.13. The largest absolute Gasteiger partial charge is 0.497 e. The molecule has 0 heterocycles. The van der Waals surface area contributed by atoms with E-state index in [1.165, 1.54) is 0 Å². The second kappa shape index (κ2) is 4.80. The van der Waals surface area contributed by atoms with Gasteiger partial charge in [-0.3, -0.25) is 9.59 Å². The molecule has 0 radical (unpaired) electrons. The molecule has 0 aliphatic heterocycles. The molecule has 0 saturated heterocycles. The van der Waals surface area contributed by atoms with Gasteiger partial charge in [-0.15, -0.1) is 0 Å². The summed E-state index contributed by atoms with van der Waals surface area (Å²) in [6.45, 7) is 5.59. The molecule has 0 saturated carbocycles. The van der Waals surface area contributed by atoms with Crippen LogP contribution in [0.3, 0.4) is 0 Å². The third-order valence-electron chi connectivity index (χ3n) is 3.66. The third kappa shape index (κ3) is 2.55. The Hall–Kier alpha value is -1.64. The number of aryl methyl sites for hydroxylation is 1. The predicted molar refractivity (Wildman–Crippen MR) is 73.6 cm³/mol. The van der Waals surface area contributed by atoms with Gasteiger partial charge >= 0.3 is 0 Å². The van der Waals surface area contributed by atoms with Gasteiger partial charge in [-0.2, -0.15) is 0 Å². The maximum absolute atomic E-state index is 12.5. The van der Waals surface area contributed by atoms with Crippen LogP contribution in [0.15, 0.2) is 18.2 Å². The highest BCUT2D eigenvalue weighted by atomic mass is 16.5. The molecule has 19 heavy (non-hydrogen) atoms. The fourth-order valence-corrected chi connectivity index (χ4v) is 2.52. The molecule has 1 atom stereocenters. The molecule has 0 aromatic heterocycles. The molecule has 1 aliphatic rings. The number of Topliss-reactive ketones (excluding diaryl/α,β-unsaturated/α-hetero) is 2. The topological polar surface area (TPSA) is 43.4 Å². The first-order chi connectivity index (χ1) is 8.84. The molecular formula is C16H20O3. The number of carbonyl (C=O) groups excluding carboxylic acids is 2. The van der Waals surface area contributed by atoms with Crippen molar-refractivity contribution in [1.29, 1.82) is 0 Å². The third-order valence-corrected chi connectivity index (χ3v) is 3.66. The second-order valence-corrected chi connectivity index (χ2v) is 6.09. The zero-order valence-electron chi connectivity index (χ0n) is 11.9. The molecule has 3 heteroatoms. The number of hydrogen-bond donors (Lipinski definition) is 0. The van der Waals surface area contributed by atoms with E-state index in [9.17, 15) is 9.59 Å². The summed E-state index contributed by atoms with van der Waals surface area (Å²) in [5.74, 6) is 0.140. The van der Waals surface area contributed by atoms with E-state index in [2.05, 4.69) is 0 Å². The van der Waals surface area contributed by atoms with Crippen molar-refractivity contribution in [3.63, 3.8) is 0 Å².